The van der Waals surface area contributed by atoms with Crippen LogP contribution in [0.1, 0.15) is 5.56 Å². The molecule has 0 unspecified atom stereocenters. The van der Waals surface area contributed by atoms with Crippen molar-refractivity contribution in [1.82, 2.24) is 4.57 Å². The van der Waals surface area contributed by atoms with Crippen LogP contribution in [0, 0.1) is 11.3 Å². The molecule has 0 aliphatic rings. The third-order valence-electron chi connectivity index (χ3n) is 7.99. The summed E-state index contributed by atoms with van der Waals surface area (Å²) in [4.78, 5) is 0. The average Bonchev–Trinajstić information content (AvgIpc) is 3.33. The third kappa shape index (κ3) is 3.21. The van der Waals surface area contributed by atoms with Gasteiger partial charge in [-0.15, -0.1) is 0 Å². The van der Waals surface area contributed by atoms with Crippen molar-refractivity contribution >= 4 is 54.1 Å². The summed E-state index contributed by atoms with van der Waals surface area (Å²) in [6.45, 7) is 0. The highest BCUT2D eigenvalue weighted by Crippen LogP contribution is 2.40. The van der Waals surface area contributed by atoms with Crippen molar-refractivity contribution in [1.29, 1.82) is 5.26 Å². The van der Waals surface area contributed by atoms with Gasteiger partial charge >= 0.3 is 0 Å². The summed E-state index contributed by atoms with van der Waals surface area (Å²) in [7, 11) is 0. The SMILES string of the molecule is N#Cc1ccc2c3ccc(-c4cc5c6ccccc6ccc5c5ccccc45)cc3n(-c3ccccc3)c2c1. The lowest BCUT2D eigenvalue weighted by Crippen LogP contribution is -1.94. The molecule has 1 aromatic heterocycles. The van der Waals surface area contributed by atoms with Crippen molar-refractivity contribution in [3.05, 3.63) is 139 Å². The zero-order valence-corrected chi connectivity index (χ0v) is 21.1. The topological polar surface area (TPSA) is 28.7 Å². The van der Waals surface area contributed by atoms with Gasteiger partial charge in [-0.1, -0.05) is 97.1 Å². The van der Waals surface area contributed by atoms with Gasteiger partial charge in [0.1, 0.15) is 0 Å². The minimum atomic E-state index is 0.662. The van der Waals surface area contributed by atoms with E-state index in [0.717, 1.165) is 22.1 Å². The Morgan fingerprint density at radius 3 is 1.92 bits per heavy atom. The van der Waals surface area contributed by atoms with Gasteiger partial charge in [0.05, 0.1) is 22.7 Å². The van der Waals surface area contributed by atoms with Crippen LogP contribution in [-0.4, -0.2) is 4.57 Å². The molecule has 0 spiro atoms. The van der Waals surface area contributed by atoms with Gasteiger partial charge in [-0.3, -0.25) is 0 Å². The number of nitriles is 1. The molecule has 7 aromatic carbocycles. The van der Waals surface area contributed by atoms with Crippen LogP contribution in [0.2, 0.25) is 0 Å². The summed E-state index contributed by atoms with van der Waals surface area (Å²) in [6.07, 6.45) is 0. The second-order valence-corrected chi connectivity index (χ2v) is 10.1. The van der Waals surface area contributed by atoms with E-state index in [-0.39, 0.29) is 0 Å². The fraction of sp³-hybridized carbons (Fsp3) is 0. The molecule has 8 rings (SSSR count). The lowest BCUT2D eigenvalue weighted by molar-refractivity contribution is 1.18. The molecule has 0 N–H and O–H groups in total. The molecule has 0 saturated carbocycles. The summed E-state index contributed by atoms with van der Waals surface area (Å²) in [5, 5.41) is 19.5. The van der Waals surface area contributed by atoms with Crippen molar-refractivity contribution < 1.29 is 0 Å². The highest BCUT2D eigenvalue weighted by molar-refractivity contribution is 6.21. The average molecular weight is 495 g/mol. The van der Waals surface area contributed by atoms with Crippen LogP contribution in [0.4, 0.5) is 0 Å². The number of hydrogen-bond acceptors (Lipinski definition) is 1. The van der Waals surface area contributed by atoms with Gasteiger partial charge in [0.25, 0.3) is 0 Å². The lowest BCUT2D eigenvalue weighted by atomic mass is 9.90. The Labute approximate surface area is 225 Å². The smallest absolute Gasteiger partial charge is 0.0992 e. The molecule has 180 valence electrons. The molecule has 8 aromatic rings. The standard InChI is InChI=1S/C37H22N2/c38-23-24-14-17-32-33-19-16-26(21-37(33)39(36(32)20-24)27-9-2-1-3-10-27)34-22-35-28-11-5-4-8-25(28)15-18-31(35)29-12-6-7-13-30(29)34/h1-22H. The van der Waals surface area contributed by atoms with Crippen molar-refractivity contribution in [3.63, 3.8) is 0 Å². The van der Waals surface area contributed by atoms with Gasteiger partial charge in [0.2, 0.25) is 0 Å². The Morgan fingerprint density at radius 2 is 1.10 bits per heavy atom. The molecule has 0 aliphatic heterocycles. The first-order chi connectivity index (χ1) is 19.3. The van der Waals surface area contributed by atoms with Crippen LogP contribution in [0.5, 0.6) is 0 Å². The molecule has 2 nitrogen and oxygen atoms in total. The maximum atomic E-state index is 9.63. The quantitative estimate of drug-likeness (QED) is 0.220. The molecule has 2 heteroatoms. The molecule has 0 aliphatic carbocycles. The second-order valence-electron chi connectivity index (χ2n) is 10.1. The van der Waals surface area contributed by atoms with Crippen LogP contribution in [0.3, 0.4) is 0 Å². The van der Waals surface area contributed by atoms with Crippen LogP contribution in [0.15, 0.2) is 133 Å². The Balaban J connectivity index is 1.49. The molecule has 0 radical (unpaired) electrons. The van der Waals surface area contributed by atoms with E-state index >= 15 is 0 Å². The van der Waals surface area contributed by atoms with Gasteiger partial charge in [-0.2, -0.15) is 5.26 Å². The Hall–Kier alpha value is -5.39. The number of aromatic nitrogens is 1. The molecule has 0 atom stereocenters. The van der Waals surface area contributed by atoms with Gasteiger partial charge in [0.15, 0.2) is 0 Å². The van der Waals surface area contributed by atoms with Gasteiger partial charge in [0, 0.05) is 16.5 Å². The molecule has 0 saturated heterocycles. The van der Waals surface area contributed by atoms with E-state index in [4.69, 9.17) is 0 Å². The van der Waals surface area contributed by atoms with E-state index in [9.17, 15) is 5.26 Å². The Bertz CT molecular complexity index is 2280. The number of nitrogens with zero attached hydrogens (tertiary/aromatic N) is 2. The summed E-state index contributed by atoms with van der Waals surface area (Å²) in [5.41, 5.74) is 6.31. The maximum Gasteiger partial charge on any atom is 0.0992 e. The van der Waals surface area contributed by atoms with Crippen molar-refractivity contribution in [2.75, 3.05) is 0 Å². The normalized spacial score (nSPS) is 11.6. The second kappa shape index (κ2) is 8.31. The molecule has 1 heterocycles. The van der Waals surface area contributed by atoms with E-state index in [0.29, 0.717) is 5.56 Å². The predicted molar refractivity (Wildman–Crippen MR) is 163 cm³/mol. The zero-order chi connectivity index (χ0) is 25.9. The fourth-order valence-electron chi connectivity index (χ4n) is 6.21. The van der Waals surface area contributed by atoms with Crippen molar-refractivity contribution in [2.45, 2.75) is 0 Å². The first-order valence-electron chi connectivity index (χ1n) is 13.2. The molecule has 0 amide bonds. The fourth-order valence-corrected chi connectivity index (χ4v) is 6.21. The first-order valence-corrected chi connectivity index (χ1v) is 13.2. The van der Waals surface area contributed by atoms with Crippen LogP contribution in [0.25, 0.3) is 70.9 Å². The Morgan fingerprint density at radius 1 is 0.462 bits per heavy atom. The highest BCUT2D eigenvalue weighted by Gasteiger charge is 2.16. The lowest BCUT2D eigenvalue weighted by Gasteiger charge is -2.14. The maximum absolute atomic E-state index is 9.63. The monoisotopic (exact) mass is 494 g/mol. The molecular weight excluding hydrogens is 472 g/mol. The summed E-state index contributed by atoms with van der Waals surface area (Å²) in [5.74, 6) is 0. The minimum Gasteiger partial charge on any atom is -0.309 e. The van der Waals surface area contributed by atoms with Gasteiger partial charge < -0.3 is 4.57 Å². The molecule has 39 heavy (non-hydrogen) atoms. The van der Waals surface area contributed by atoms with E-state index in [1.54, 1.807) is 0 Å². The van der Waals surface area contributed by atoms with E-state index in [2.05, 4.69) is 126 Å². The zero-order valence-electron chi connectivity index (χ0n) is 21.1. The van der Waals surface area contributed by atoms with E-state index in [1.807, 2.05) is 18.2 Å². The molecular formula is C37H22N2. The van der Waals surface area contributed by atoms with Crippen molar-refractivity contribution in [3.8, 4) is 22.9 Å². The molecule has 0 fully saturated rings. The first kappa shape index (κ1) is 21.7. The van der Waals surface area contributed by atoms with Crippen LogP contribution >= 0.6 is 0 Å². The molecule has 0 bridgehead atoms. The number of rotatable bonds is 2. The number of para-hydroxylation sites is 1. The Kier molecular flexibility index (Phi) is 4.62. The number of benzene rings is 7. The summed E-state index contributed by atoms with van der Waals surface area (Å²) >= 11 is 0. The van der Waals surface area contributed by atoms with Crippen LogP contribution in [-0.2, 0) is 0 Å². The van der Waals surface area contributed by atoms with E-state index in [1.165, 1.54) is 48.8 Å². The van der Waals surface area contributed by atoms with Gasteiger partial charge in [-0.05, 0) is 79.8 Å². The third-order valence-corrected chi connectivity index (χ3v) is 7.99. The summed E-state index contributed by atoms with van der Waals surface area (Å²) < 4.78 is 2.29. The number of fused-ring (bicyclic) bond motifs is 8. The minimum absolute atomic E-state index is 0.662. The van der Waals surface area contributed by atoms with Crippen molar-refractivity contribution in [2.24, 2.45) is 0 Å². The van der Waals surface area contributed by atoms with E-state index < -0.39 is 0 Å². The highest BCUT2D eigenvalue weighted by atomic mass is 15.0. The summed E-state index contributed by atoms with van der Waals surface area (Å²) in [6, 6.07) is 49.7. The predicted octanol–water partition coefficient (Wildman–Crippen LogP) is 9.78. The largest absolute Gasteiger partial charge is 0.309 e. The van der Waals surface area contributed by atoms with Gasteiger partial charge in [-0.25, -0.2) is 0 Å². The van der Waals surface area contributed by atoms with Crippen LogP contribution < -0.4 is 0 Å². The number of hydrogen-bond donors (Lipinski definition) is 0.